The van der Waals surface area contributed by atoms with Crippen LogP contribution in [0, 0.1) is 5.82 Å². The molecule has 0 radical (unpaired) electrons. The highest BCUT2D eigenvalue weighted by molar-refractivity contribution is 5.93. The summed E-state index contributed by atoms with van der Waals surface area (Å²) < 4.78 is 20.8. The molecule has 1 aliphatic heterocycles. The number of benzene rings is 1. The molecular formula is C17H19FN2O2. The zero-order valence-electron chi connectivity index (χ0n) is 12.5. The van der Waals surface area contributed by atoms with E-state index in [4.69, 9.17) is 4.74 Å². The number of amides is 1. The van der Waals surface area contributed by atoms with E-state index in [0.29, 0.717) is 31.7 Å². The average Bonchev–Trinajstić information content (AvgIpc) is 2.94. The van der Waals surface area contributed by atoms with Crippen LogP contribution in [0.15, 0.2) is 42.6 Å². The molecule has 4 nitrogen and oxygen atoms in total. The van der Waals surface area contributed by atoms with E-state index in [-0.39, 0.29) is 11.7 Å². The van der Waals surface area contributed by atoms with Crippen LogP contribution in [0.5, 0.6) is 0 Å². The first-order valence-electron chi connectivity index (χ1n) is 7.38. The Balaban J connectivity index is 1.93. The summed E-state index contributed by atoms with van der Waals surface area (Å²) in [5.41, 5.74) is 0.794. The average molecular weight is 302 g/mol. The molecule has 5 heteroatoms. The van der Waals surface area contributed by atoms with E-state index in [1.165, 1.54) is 12.1 Å². The van der Waals surface area contributed by atoms with E-state index in [1.807, 2.05) is 25.4 Å². The van der Waals surface area contributed by atoms with Gasteiger partial charge in [0.1, 0.15) is 11.5 Å². The van der Waals surface area contributed by atoms with Crippen LogP contribution >= 0.6 is 0 Å². The van der Waals surface area contributed by atoms with Gasteiger partial charge in [-0.05, 0) is 42.7 Å². The lowest BCUT2D eigenvalue weighted by atomic mass is 9.82. The third-order valence-corrected chi connectivity index (χ3v) is 4.25. The standard InChI is InChI=1S/C17H19FN2O2/c1-20-9-3-6-15(20)16(21)19-17(7-10-22-11-8-17)13-4-2-5-14(18)12-13/h2-6,9,12H,7-8,10-11H2,1H3,(H,19,21). The minimum Gasteiger partial charge on any atom is -0.381 e. The number of nitrogens with zero attached hydrogens (tertiary/aromatic N) is 1. The fourth-order valence-electron chi connectivity index (χ4n) is 2.97. The SMILES string of the molecule is Cn1cccc1C(=O)NC1(c2cccc(F)c2)CCOCC1. The third-order valence-electron chi connectivity index (χ3n) is 4.25. The van der Waals surface area contributed by atoms with Crippen LogP contribution in [0.25, 0.3) is 0 Å². The van der Waals surface area contributed by atoms with Gasteiger partial charge in [-0.1, -0.05) is 12.1 Å². The molecule has 0 unspecified atom stereocenters. The Morgan fingerprint density at radius 2 is 2.05 bits per heavy atom. The van der Waals surface area contributed by atoms with Gasteiger partial charge in [-0.2, -0.15) is 0 Å². The molecular weight excluding hydrogens is 283 g/mol. The highest BCUT2D eigenvalue weighted by Gasteiger charge is 2.36. The molecule has 1 fully saturated rings. The number of nitrogens with one attached hydrogen (secondary N) is 1. The van der Waals surface area contributed by atoms with Crippen LogP contribution in [0.2, 0.25) is 0 Å². The minimum atomic E-state index is -0.582. The predicted octanol–water partition coefficient (Wildman–Crippen LogP) is 2.60. The van der Waals surface area contributed by atoms with Crippen molar-refractivity contribution in [3.8, 4) is 0 Å². The Morgan fingerprint density at radius 3 is 2.68 bits per heavy atom. The Kier molecular flexibility index (Phi) is 3.98. The lowest BCUT2D eigenvalue weighted by Crippen LogP contribution is -2.49. The molecule has 1 N–H and O–H groups in total. The molecule has 1 saturated heterocycles. The van der Waals surface area contributed by atoms with Crippen LogP contribution in [0.4, 0.5) is 4.39 Å². The van der Waals surface area contributed by atoms with Crippen LogP contribution in [0.1, 0.15) is 28.9 Å². The summed E-state index contributed by atoms with van der Waals surface area (Å²) in [5.74, 6) is -0.449. The van der Waals surface area contributed by atoms with E-state index < -0.39 is 5.54 Å². The van der Waals surface area contributed by atoms with E-state index in [0.717, 1.165) is 5.56 Å². The van der Waals surface area contributed by atoms with Crippen LogP contribution in [-0.2, 0) is 17.3 Å². The fourth-order valence-corrected chi connectivity index (χ4v) is 2.97. The van der Waals surface area contributed by atoms with Crippen molar-refractivity contribution in [3.63, 3.8) is 0 Å². The number of ether oxygens (including phenoxy) is 1. The topological polar surface area (TPSA) is 43.3 Å². The maximum Gasteiger partial charge on any atom is 0.268 e. The predicted molar refractivity (Wildman–Crippen MR) is 81.0 cm³/mol. The molecule has 0 saturated carbocycles. The summed E-state index contributed by atoms with van der Waals surface area (Å²) in [6, 6.07) is 10.0. The second-order valence-corrected chi connectivity index (χ2v) is 5.66. The maximum absolute atomic E-state index is 13.6. The summed E-state index contributed by atoms with van der Waals surface area (Å²) in [5, 5.41) is 3.11. The number of hydrogen-bond donors (Lipinski definition) is 1. The van der Waals surface area contributed by atoms with Crippen molar-refractivity contribution in [2.45, 2.75) is 18.4 Å². The normalized spacial score (nSPS) is 17.2. The number of rotatable bonds is 3. The largest absolute Gasteiger partial charge is 0.381 e. The lowest BCUT2D eigenvalue weighted by Gasteiger charge is -2.38. The van der Waals surface area contributed by atoms with Gasteiger partial charge in [0.25, 0.3) is 5.91 Å². The monoisotopic (exact) mass is 302 g/mol. The van der Waals surface area contributed by atoms with Crippen molar-refractivity contribution >= 4 is 5.91 Å². The first kappa shape index (κ1) is 14.8. The zero-order valence-corrected chi connectivity index (χ0v) is 12.5. The van der Waals surface area contributed by atoms with Crippen molar-refractivity contribution in [2.24, 2.45) is 7.05 Å². The Hall–Kier alpha value is -2.14. The molecule has 1 aromatic heterocycles. The van der Waals surface area contributed by atoms with Gasteiger partial charge in [0.15, 0.2) is 0 Å². The Bertz CT molecular complexity index is 675. The number of hydrogen-bond acceptors (Lipinski definition) is 2. The molecule has 0 bridgehead atoms. The van der Waals surface area contributed by atoms with Gasteiger partial charge < -0.3 is 14.6 Å². The van der Waals surface area contributed by atoms with Crippen LogP contribution in [-0.4, -0.2) is 23.7 Å². The van der Waals surface area contributed by atoms with E-state index in [1.54, 1.807) is 16.7 Å². The first-order chi connectivity index (χ1) is 10.6. The Morgan fingerprint density at radius 1 is 1.27 bits per heavy atom. The molecule has 1 amide bonds. The smallest absolute Gasteiger partial charge is 0.268 e. The quantitative estimate of drug-likeness (QED) is 0.947. The summed E-state index contributed by atoms with van der Waals surface area (Å²) >= 11 is 0. The van der Waals surface area contributed by atoms with Gasteiger partial charge in [0, 0.05) is 26.5 Å². The van der Waals surface area contributed by atoms with Crippen LogP contribution < -0.4 is 5.32 Å². The first-order valence-corrected chi connectivity index (χ1v) is 7.38. The van der Waals surface area contributed by atoms with Gasteiger partial charge in [-0.15, -0.1) is 0 Å². The molecule has 0 aliphatic carbocycles. The van der Waals surface area contributed by atoms with Crippen molar-refractivity contribution in [2.75, 3.05) is 13.2 Å². The number of aryl methyl sites for hydroxylation is 1. The van der Waals surface area contributed by atoms with Crippen molar-refractivity contribution in [1.29, 1.82) is 0 Å². The van der Waals surface area contributed by atoms with E-state index in [9.17, 15) is 9.18 Å². The Labute approximate surface area is 128 Å². The summed E-state index contributed by atoms with van der Waals surface area (Å²) in [6.07, 6.45) is 3.09. The summed E-state index contributed by atoms with van der Waals surface area (Å²) in [6.45, 7) is 1.09. The van der Waals surface area contributed by atoms with Gasteiger partial charge in [-0.3, -0.25) is 4.79 Å². The second-order valence-electron chi connectivity index (χ2n) is 5.66. The van der Waals surface area contributed by atoms with Gasteiger partial charge in [0.05, 0.1) is 5.54 Å². The molecule has 3 rings (SSSR count). The summed E-state index contributed by atoms with van der Waals surface area (Å²) in [7, 11) is 1.83. The number of halogens is 1. The zero-order chi connectivity index (χ0) is 15.6. The number of carbonyl (C=O) groups is 1. The molecule has 2 heterocycles. The van der Waals surface area contributed by atoms with Gasteiger partial charge in [-0.25, -0.2) is 4.39 Å². The number of aromatic nitrogens is 1. The van der Waals surface area contributed by atoms with Crippen LogP contribution in [0.3, 0.4) is 0 Å². The molecule has 0 spiro atoms. The molecule has 22 heavy (non-hydrogen) atoms. The van der Waals surface area contributed by atoms with Crippen molar-refractivity contribution in [1.82, 2.24) is 9.88 Å². The fraction of sp³-hybridized carbons (Fsp3) is 0.353. The lowest BCUT2D eigenvalue weighted by molar-refractivity contribution is 0.0342. The van der Waals surface area contributed by atoms with Crippen molar-refractivity contribution in [3.05, 3.63) is 59.7 Å². The van der Waals surface area contributed by atoms with Crippen molar-refractivity contribution < 1.29 is 13.9 Å². The minimum absolute atomic E-state index is 0.154. The summed E-state index contributed by atoms with van der Waals surface area (Å²) in [4.78, 5) is 12.6. The maximum atomic E-state index is 13.6. The molecule has 116 valence electrons. The molecule has 1 aliphatic rings. The molecule has 1 aromatic carbocycles. The third kappa shape index (κ3) is 2.76. The molecule has 0 atom stereocenters. The second kappa shape index (κ2) is 5.93. The van der Waals surface area contributed by atoms with E-state index >= 15 is 0 Å². The molecule has 2 aromatic rings. The van der Waals surface area contributed by atoms with Gasteiger partial charge in [0.2, 0.25) is 0 Å². The van der Waals surface area contributed by atoms with E-state index in [2.05, 4.69) is 5.32 Å². The number of carbonyl (C=O) groups excluding carboxylic acids is 1. The highest BCUT2D eigenvalue weighted by atomic mass is 19.1. The van der Waals surface area contributed by atoms with Gasteiger partial charge >= 0.3 is 0 Å². The highest BCUT2D eigenvalue weighted by Crippen LogP contribution is 2.32.